The summed E-state index contributed by atoms with van der Waals surface area (Å²) in [6, 6.07) is 24.5. The monoisotopic (exact) mass is 746 g/mol. The van der Waals surface area contributed by atoms with E-state index in [0.29, 0.717) is 25.4 Å². The number of piperazine rings is 1. The molecule has 2 fully saturated rings. The lowest BCUT2D eigenvalue weighted by Gasteiger charge is -2.36. The van der Waals surface area contributed by atoms with Crippen LogP contribution in [0.5, 0.6) is 5.75 Å². The molecule has 0 aromatic heterocycles. The zero-order valence-electron chi connectivity index (χ0n) is 30.5. The molecule has 1 atom stereocenters. The molecule has 0 spiro atoms. The maximum atomic E-state index is 13.6. The molecule has 1 unspecified atom stereocenters. The van der Waals surface area contributed by atoms with Crippen LogP contribution >= 0.6 is 11.8 Å². The predicted molar refractivity (Wildman–Crippen MR) is 205 cm³/mol. The molecular formula is C42H49F3N4O3S. The molecule has 3 aliphatic heterocycles. The number of para-hydroxylation sites is 1. The quantitative estimate of drug-likeness (QED) is 0.126. The molecule has 2 saturated heterocycles. The number of esters is 1. The minimum atomic E-state index is -4.39. The summed E-state index contributed by atoms with van der Waals surface area (Å²) in [5, 5.41) is 2.40. The lowest BCUT2D eigenvalue weighted by atomic mass is 10.0. The van der Waals surface area contributed by atoms with Gasteiger partial charge in [0.05, 0.1) is 22.9 Å². The number of hydrogen-bond donors (Lipinski definition) is 0. The molecule has 4 aromatic rings. The van der Waals surface area contributed by atoms with Gasteiger partial charge in [-0.1, -0.05) is 60.6 Å². The van der Waals surface area contributed by atoms with E-state index in [1.54, 1.807) is 6.07 Å². The van der Waals surface area contributed by atoms with Crippen LogP contribution in [-0.4, -0.2) is 92.8 Å². The number of likely N-dealkylation sites (tertiary alicyclic amines) is 1. The molecular weight excluding hydrogens is 698 g/mol. The average Bonchev–Trinajstić information content (AvgIpc) is 3.17. The van der Waals surface area contributed by atoms with Gasteiger partial charge < -0.3 is 19.3 Å². The number of ether oxygens (including phenoxy) is 2. The maximum absolute atomic E-state index is 13.6. The minimum Gasteiger partial charge on any atom is -0.492 e. The Kier molecular flexibility index (Phi) is 12.1. The highest BCUT2D eigenvalue weighted by molar-refractivity contribution is 7.99. The van der Waals surface area contributed by atoms with Crippen molar-refractivity contribution in [3.63, 3.8) is 0 Å². The first kappa shape index (κ1) is 37.5. The minimum absolute atomic E-state index is 0.247. The standard InChI is InChI=1S/C42H49F3N4O3S/c1-31(30-52-38-16-14-32-10-3-4-11-34(32)35(38)29-48-18-7-2-8-19-48)41(50)51-27-26-47-24-22-46(23-25-47)20-9-21-49-36-12-5-6-13-39(36)53-40-17-15-33(28-37(40)49)42(43,44)45/h3-6,10-17,28,31H,2,7-9,18-27,29-30H2,1H3. The number of fused-ring (bicyclic) bond motifs is 3. The Hall–Kier alpha value is -3.77. The van der Waals surface area contributed by atoms with Crippen LogP contribution in [-0.2, 0) is 22.3 Å². The molecule has 0 bridgehead atoms. The van der Waals surface area contributed by atoms with E-state index in [1.165, 1.54) is 59.5 Å². The molecule has 4 aromatic carbocycles. The zero-order chi connectivity index (χ0) is 36.8. The lowest BCUT2D eigenvalue weighted by molar-refractivity contribution is -0.149. The fourth-order valence-electron chi connectivity index (χ4n) is 7.59. The first-order valence-electron chi connectivity index (χ1n) is 19.0. The molecule has 0 radical (unpaired) electrons. The Morgan fingerprint density at radius 3 is 2.28 bits per heavy atom. The van der Waals surface area contributed by atoms with E-state index in [1.807, 2.05) is 42.2 Å². The third kappa shape index (κ3) is 9.31. The van der Waals surface area contributed by atoms with E-state index in [4.69, 9.17) is 9.47 Å². The topological polar surface area (TPSA) is 48.5 Å². The number of carbonyl (C=O) groups excluding carboxylic acids is 1. The summed E-state index contributed by atoms with van der Waals surface area (Å²) < 4.78 is 52.8. The SMILES string of the molecule is CC(COc1ccc2ccccc2c1CN1CCCCC1)C(=O)OCCN1CCN(CCCN2c3ccccc3Sc3ccc(C(F)(F)F)cc32)CC1. The highest BCUT2D eigenvalue weighted by atomic mass is 32.2. The van der Waals surface area contributed by atoms with Gasteiger partial charge in [-0.2, -0.15) is 13.2 Å². The summed E-state index contributed by atoms with van der Waals surface area (Å²) in [7, 11) is 0. The Morgan fingerprint density at radius 1 is 0.774 bits per heavy atom. The third-order valence-electron chi connectivity index (χ3n) is 10.6. The van der Waals surface area contributed by atoms with Crippen molar-refractivity contribution in [3.8, 4) is 5.75 Å². The van der Waals surface area contributed by atoms with E-state index >= 15 is 0 Å². The number of nitrogens with zero attached hydrogens (tertiary/aromatic N) is 4. The average molecular weight is 747 g/mol. The molecule has 0 amide bonds. The van der Waals surface area contributed by atoms with Gasteiger partial charge in [-0.25, -0.2) is 0 Å². The molecule has 7 rings (SSSR count). The highest BCUT2D eigenvalue weighted by Gasteiger charge is 2.33. The largest absolute Gasteiger partial charge is 0.492 e. The second-order valence-corrected chi connectivity index (χ2v) is 15.5. The van der Waals surface area contributed by atoms with Crippen LogP contribution in [0.4, 0.5) is 24.5 Å². The Bertz CT molecular complexity index is 1860. The van der Waals surface area contributed by atoms with Crippen LogP contribution < -0.4 is 9.64 Å². The zero-order valence-corrected chi connectivity index (χ0v) is 31.3. The molecule has 282 valence electrons. The number of benzene rings is 4. The molecule has 11 heteroatoms. The maximum Gasteiger partial charge on any atom is 0.416 e. The van der Waals surface area contributed by atoms with Crippen molar-refractivity contribution in [2.45, 2.75) is 55.1 Å². The van der Waals surface area contributed by atoms with Gasteiger partial charge in [-0.05, 0) is 93.0 Å². The predicted octanol–water partition coefficient (Wildman–Crippen LogP) is 8.71. The van der Waals surface area contributed by atoms with E-state index < -0.39 is 17.7 Å². The summed E-state index contributed by atoms with van der Waals surface area (Å²) >= 11 is 1.52. The third-order valence-corrected chi connectivity index (χ3v) is 11.8. The van der Waals surface area contributed by atoms with Crippen LogP contribution in [0, 0.1) is 5.92 Å². The van der Waals surface area contributed by atoms with E-state index in [0.717, 1.165) is 80.0 Å². The first-order valence-corrected chi connectivity index (χ1v) is 19.8. The van der Waals surface area contributed by atoms with Crippen LogP contribution in [0.2, 0.25) is 0 Å². The van der Waals surface area contributed by atoms with Crippen molar-refractivity contribution >= 4 is 39.9 Å². The summed E-state index contributed by atoms with van der Waals surface area (Å²) in [5.41, 5.74) is 2.14. The van der Waals surface area contributed by atoms with Crippen molar-refractivity contribution in [3.05, 3.63) is 90.0 Å². The van der Waals surface area contributed by atoms with Crippen molar-refractivity contribution in [2.75, 3.05) is 77.0 Å². The number of rotatable bonds is 13. The van der Waals surface area contributed by atoms with Crippen LogP contribution in [0.1, 0.15) is 43.7 Å². The van der Waals surface area contributed by atoms with Gasteiger partial charge in [0.2, 0.25) is 0 Å². The number of piperidine rings is 1. The molecule has 53 heavy (non-hydrogen) atoms. The Balaban J connectivity index is 0.845. The van der Waals surface area contributed by atoms with E-state index in [-0.39, 0.29) is 12.6 Å². The normalized spacial score (nSPS) is 17.7. The number of halogens is 3. The number of alkyl halides is 3. The second kappa shape index (κ2) is 17.1. The van der Waals surface area contributed by atoms with Crippen molar-refractivity contribution in [2.24, 2.45) is 5.92 Å². The second-order valence-electron chi connectivity index (χ2n) is 14.4. The van der Waals surface area contributed by atoms with Gasteiger partial charge in [0.1, 0.15) is 19.0 Å². The van der Waals surface area contributed by atoms with Crippen molar-refractivity contribution in [1.82, 2.24) is 14.7 Å². The fraction of sp³-hybridized carbons (Fsp3) is 0.452. The molecule has 0 aliphatic carbocycles. The smallest absolute Gasteiger partial charge is 0.416 e. The molecule has 7 nitrogen and oxygen atoms in total. The van der Waals surface area contributed by atoms with Gasteiger partial charge in [0, 0.05) is 61.2 Å². The van der Waals surface area contributed by atoms with E-state index in [9.17, 15) is 18.0 Å². The van der Waals surface area contributed by atoms with Crippen molar-refractivity contribution in [1.29, 1.82) is 0 Å². The highest BCUT2D eigenvalue weighted by Crippen LogP contribution is 2.49. The molecule has 3 heterocycles. The van der Waals surface area contributed by atoms with Gasteiger partial charge in [-0.15, -0.1) is 0 Å². The summed E-state index contributed by atoms with van der Waals surface area (Å²) in [6.07, 6.45) is 0.179. The fourth-order valence-corrected chi connectivity index (χ4v) is 8.67. The van der Waals surface area contributed by atoms with Gasteiger partial charge in [0.25, 0.3) is 0 Å². The molecule has 0 N–H and O–H groups in total. The first-order chi connectivity index (χ1) is 25.7. The number of anilines is 2. The summed E-state index contributed by atoms with van der Waals surface area (Å²) in [6.45, 7) is 11.2. The van der Waals surface area contributed by atoms with Gasteiger partial charge in [0.15, 0.2) is 0 Å². The van der Waals surface area contributed by atoms with E-state index in [2.05, 4.69) is 45.0 Å². The lowest BCUT2D eigenvalue weighted by Crippen LogP contribution is -2.47. The number of hydrogen-bond acceptors (Lipinski definition) is 8. The van der Waals surface area contributed by atoms with Gasteiger partial charge >= 0.3 is 12.1 Å². The van der Waals surface area contributed by atoms with Crippen molar-refractivity contribution < 1.29 is 27.4 Å². The van der Waals surface area contributed by atoms with Gasteiger partial charge in [-0.3, -0.25) is 14.6 Å². The Labute approximate surface area is 315 Å². The van der Waals surface area contributed by atoms with Crippen LogP contribution in [0.15, 0.2) is 88.7 Å². The van der Waals surface area contributed by atoms with Crippen LogP contribution in [0.3, 0.4) is 0 Å². The molecule has 3 aliphatic rings. The number of carbonyl (C=O) groups is 1. The summed E-state index contributed by atoms with van der Waals surface area (Å²) in [5.74, 6) is 0.203. The van der Waals surface area contributed by atoms with Crippen LogP contribution in [0.25, 0.3) is 10.8 Å². The summed E-state index contributed by atoms with van der Waals surface area (Å²) in [4.78, 5) is 24.1. The Morgan fingerprint density at radius 2 is 1.49 bits per heavy atom. The molecule has 0 saturated carbocycles.